The monoisotopic (exact) mass is 714 g/mol. The molecule has 0 bridgehead atoms. The van der Waals surface area contributed by atoms with E-state index in [-0.39, 0.29) is 48.4 Å². The SMILES string of the molecule is CC(C)C1C[NH2+]CC2(O)C(OC3CCC4C(C3)[OH+]CC(C3CCC(O)CC3)C4O)OC(C(=O)[O-])C(O)C2OCSSCC1C1=C[CH+]N=C1. The third-order valence-corrected chi connectivity index (χ3v) is 13.9. The van der Waals surface area contributed by atoms with Crippen molar-refractivity contribution in [2.45, 2.75) is 113 Å². The molecule has 4 heterocycles. The van der Waals surface area contributed by atoms with E-state index in [1.807, 2.05) is 18.1 Å². The summed E-state index contributed by atoms with van der Waals surface area (Å²) < 4.78 is 23.5. The van der Waals surface area contributed by atoms with Crippen LogP contribution < -0.4 is 10.4 Å². The van der Waals surface area contributed by atoms with Gasteiger partial charge in [0.1, 0.15) is 42.9 Å². The first-order valence-corrected chi connectivity index (χ1v) is 20.2. The van der Waals surface area contributed by atoms with Gasteiger partial charge in [-0.1, -0.05) is 35.4 Å². The van der Waals surface area contributed by atoms with Gasteiger partial charge in [-0.3, -0.25) is 0 Å². The maximum Gasteiger partial charge on any atom is 0.195 e. The molecule has 7 N–H and O–H groups in total. The van der Waals surface area contributed by atoms with Crippen molar-refractivity contribution < 1.29 is 54.6 Å². The first kappa shape index (κ1) is 36.9. The minimum atomic E-state index is -1.87. The van der Waals surface area contributed by atoms with Crippen LogP contribution in [0, 0.1) is 42.1 Å². The molecule has 0 spiro atoms. The molecule has 0 radical (unpaired) electrons. The number of quaternary nitrogens is 1. The molecule has 6 aliphatic rings. The predicted molar refractivity (Wildman–Crippen MR) is 179 cm³/mol. The zero-order chi connectivity index (χ0) is 34.0. The molecule has 0 aromatic heterocycles. The highest BCUT2D eigenvalue weighted by Crippen LogP contribution is 2.44. The number of aliphatic hydroxyl groups is 6. The van der Waals surface area contributed by atoms with Crippen molar-refractivity contribution in [3.05, 3.63) is 18.2 Å². The van der Waals surface area contributed by atoms with Crippen molar-refractivity contribution >= 4 is 33.8 Å². The molecule has 12 unspecified atom stereocenters. The van der Waals surface area contributed by atoms with Gasteiger partial charge in [0, 0.05) is 18.1 Å². The quantitative estimate of drug-likeness (QED) is 0.136. The van der Waals surface area contributed by atoms with Crippen molar-refractivity contribution in [2.75, 3.05) is 31.4 Å². The Morgan fingerprint density at radius 2 is 1.94 bits per heavy atom. The summed E-state index contributed by atoms with van der Waals surface area (Å²) in [6.45, 7) is 7.51. The van der Waals surface area contributed by atoms with E-state index < -0.39 is 48.4 Å². The number of hydrogen-bond donors (Lipinski definition) is 5. The fourth-order valence-electron chi connectivity index (χ4n) is 9.05. The lowest BCUT2D eigenvalue weighted by Crippen LogP contribution is -2.93. The van der Waals surface area contributed by atoms with E-state index in [0.717, 1.165) is 31.4 Å². The molecule has 3 saturated heterocycles. The third-order valence-electron chi connectivity index (χ3n) is 11.9. The summed E-state index contributed by atoms with van der Waals surface area (Å²) in [5.41, 5.74) is -0.692. The second kappa shape index (κ2) is 16.2. The van der Waals surface area contributed by atoms with Crippen LogP contribution in [-0.2, 0) is 19.0 Å². The Balaban J connectivity index is 1.17. The van der Waals surface area contributed by atoms with Crippen molar-refractivity contribution in [2.24, 2.45) is 40.5 Å². The van der Waals surface area contributed by atoms with Crippen molar-refractivity contribution in [1.82, 2.24) is 0 Å². The van der Waals surface area contributed by atoms with Gasteiger partial charge < -0.3 is 54.6 Å². The zero-order valence-corrected chi connectivity index (χ0v) is 29.6. The van der Waals surface area contributed by atoms with E-state index in [2.05, 4.69) is 24.9 Å². The number of ether oxygens (including phenoxy) is 4. The number of fused-ring (bicyclic) bond motifs is 2. The summed E-state index contributed by atoms with van der Waals surface area (Å²) >= 11 is 0. The van der Waals surface area contributed by atoms with Crippen LogP contribution in [0.15, 0.2) is 16.6 Å². The zero-order valence-electron chi connectivity index (χ0n) is 27.9. The number of aliphatic imine (C=N–C) groups is 1. The molecular weight excluding hydrogens is 661 g/mol. The maximum atomic E-state index is 12.4. The number of nitrogens with two attached hydrogens (primary N) is 1. The summed E-state index contributed by atoms with van der Waals surface area (Å²) in [5, 5.41) is 59.2. The van der Waals surface area contributed by atoms with Crippen LogP contribution in [0.25, 0.3) is 0 Å². The van der Waals surface area contributed by atoms with Crippen LogP contribution in [0.2, 0.25) is 0 Å². The highest BCUT2D eigenvalue weighted by molar-refractivity contribution is 8.76. The van der Waals surface area contributed by atoms with Gasteiger partial charge in [-0.2, -0.15) is 0 Å². The smallest absolute Gasteiger partial charge is 0.195 e. The minimum Gasteiger partial charge on any atom is -0.547 e. The Morgan fingerprint density at radius 1 is 1.15 bits per heavy atom. The van der Waals surface area contributed by atoms with Gasteiger partial charge in [0.2, 0.25) is 0 Å². The third kappa shape index (κ3) is 7.94. The van der Waals surface area contributed by atoms with E-state index >= 15 is 0 Å². The predicted octanol–water partition coefficient (Wildman–Crippen LogP) is -0.461. The Morgan fingerprint density at radius 3 is 2.65 bits per heavy atom. The molecule has 0 aromatic rings. The second-order valence-electron chi connectivity index (χ2n) is 15.0. The summed E-state index contributed by atoms with van der Waals surface area (Å²) in [6, 6.07) is 0. The molecule has 0 amide bonds. The number of carbonyl (C=O) groups excluding carboxylic acids is 1. The fourth-order valence-corrected chi connectivity index (χ4v) is 11.1. The first-order chi connectivity index (χ1) is 23.1. The van der Waals surface area contributed by atoms with Gasteiger partial charge in [0.15, 0.2) is 30.8 Å². The average Bonchev–Trinajstić information content (AvgIpc) is 3.59. The lowest BCUT2D eigenvalue weighted by molar-refractivity contribution is -0.681. The summed E-state index contributed by atoms with van der Waals surface area (Å²) in [7, 11) is 3.10. The van der Waals surface area contributed by atoms with Crippen LogP contribution in [0.4, 0.5) is 0 Å². The standard InChI is InChI=1S/C34H52N2O10S2/c1-18(2)24-13-36-16-34(42)31(44-17-48-47-15-26(24)20-9-10-35-12-20)29(39)30(32(40)41)46-33(34)45-22-7-8-23-27(11-22)43-14-25(28(23)38)19-3-5-21(37)6-4-19/h9-10,12,18-19,21-31,33,36-39,42H,3-8,11,13-17H2,1-2H3/p+2. The van der Waals surface area contributed by atoms with Gasteiger partial charge in [-0.15, -0.1) is 4.99 Å². The van der Waals surface area contributed by atoms with Crippen LogP contribution in [0.3, 0.4) is 0 Å². The number of carbonyl (C=O) groups is 1. The number of allylic oxidation sites excluding steroid dienone is 1. The summed E-state index contributed by atoms with van der Waals surface area (Å²) in [4.78, 5) is 16.5. The van der Waals surface area contributed by atoms with Gasteiger partial charge in [-0.05, 0) is 50.4 Å². The number of carboxylic acid groups (broad SMARTS) is 1. The maximum absolute atomic E-state index is 12.4. The molecule has 12 nitrogen and oxygen atoms in total. The molecule has 2 aliphatic carbocycles. The second-order valence-corrected chi connectivity index (χ2v) is 17.5. The van der Waals surface area contributed by atoms with E-state index in [1.54, 1.807) is 10.8 Å². The molecule has 48 heavy (non-hydrogen) atoms. The van der Waals surface area contributed by atoms with Gasteiger partial charge in [-0.25, -0.2) is 0 Å². The Hall–Kier alpha value is -0.910. The lowest BCUT2D eigenvalue weighted by atomic mass is 9.69. The van der Waals surface area contributed by atoms with Crippen LogP contribution in [0.1, 0.15) is 58.8 Å². The largest absolute Gasteiger partial charge is 0.547 e. The molecule has 6 rings (SSSR count). The minimum absolute atomic E-state index is 0.00224. The molecule has 4 aliphatic heterocycles. The summed E-state index contributed by atoms with van der Waals surface area (Å²) in [5.74, 6) is 0.640. The number of aliphatic carboxylic acids is 1. The van der Waals surface area contributed by atoms with Crippen LogP contribution in [0.5, 0.6) is 0 Å². The van der Waals surface area contributed by atoms with Gasteiger partial charge in [0.05, 0.1) is 54.7 Å². The molecular formula is C34H54N2O10S2+2. The topological polar surface area (TPSA) is 191 Å². The average molecular weight is 715 g/mol. The Labute approximate surface area is 291 Å². The molecule has 0 aromatic carbocycles. The van der Waals surface area contributed by atoms with Gasteiger partial charge in [0.25, 0.3) is 0 Å². The molecule has 270 valence electrons. The number of carboxylic acids is 1. The first-order valence-electron chi connectivity index (χ1n) is 17.8. The highest BCUT2D eigenvalue weighted by atomic mass is 33.1. The molecule has 5 fully saturated rings. The number of aliphatic hydroxyl groups excluding tert-OH is 3. The van der Waals surface area contributed by atoms with Gasteiger partial charge >= 0.3 is 0 Å². The molecule has 14 heteroatoms. The van der Waals surface area contributed by atoms with Crippen LogP contribution in [-0.4, -0.2) is 123 Å². The number of hydrogen-bond acceptors (Lipinski definition) is 12. The normalized spacial score (nSPS) is 46.0. The Kier molecular flexibility index (Phi) is 12.4. The van der Waals surface area contributed by atoms with Crippen molar-refractivity contribution in [3.8, 4) is 0 Å². The number of rotatable bonds is 6. The molecule has 2 saturated carbocycles. The van der Waals surface area contributed by atoms with E-state index in [4.69, 9.17) is 18.9 Å². The highest BCUT2D eigenvalue weighted by Gasteiger charge is 2.60. The van der Waals surface area contributed by atoms with E-state index in [0.29, 0.717) is 44.2 Å². The number of nitrogens with zero attached hydrogens (tertiary/aromatic N) is 1. The Bertz CT molecular complexity index is 1150. The lowest BCUT2D eigenvalue weighted by Gasteiger charge is -2.50. The van der Waals surface area contributed by atoms with E-state index in [9.17, 15) is 30.3 Å². The molecule has 12 atom stereocenters. The fraction of sp³-hybridized carbons (Fsp3) is 0.853. The summed E-state index contributed by atoms with van der Waals surface area (Å²) in [6.07, 6.45) is 1.78. The van der Waals surface area contributed by atoms with E-state index in [1.165, 1.54) is 16.4 Å². The van der Waals surface area contributed by atoms with Crippen molar-refractivity contribution in [3.63, 3.8) is 0 Å². The van der Waals surface area contributed by atoms with Crippen molar-refractivity contribution in [1.29, 1.82) is 0 Å². The van der Waals surface area contributed by atoms with Crippen LogP contribution >= 0.6 is 21.6 Å².